The van der Waals surface area contributed by atoms with Gasteiger partial charge in [-0.05, 0) is 40.1 Å². The molecule has 120 valence electrons. The van der Waals surface area contributed by atoms with E-state index in [4.69, 9.17) is 5.11 Å². The van der Waals surface area contributed by atoms with Crippen LogP contribution in [0.1, 0.15) is 19.4 Å². The molecule has 0 aliphatic heterocycles. The number of benzene rings is 1. The monoisotopic (exact) mass is 322 g/mol. The molecule has 1 rings (SSSR count). The number of likely N-dealkylation sites (N-methyl/N-ethyl adjacent to an activating group) is 1. The van der Waals surface area contributed by atoms with Crippen molar-refractivity contribution in [2.24, 2.45) is 0 Å². The smallest absolute Gasteiger partial charge is 0.243 e. The van der Waals surface area contributed by atoms with Gasteiger partial charge in [0.05, 0.1) is 12.2 Å². The van der Waals surface area contributed by atoms with Gasteiger partial charge >= 0.3 is 0 Å². The van der Waals surface area contributed by atoms with Crippen LogP contribution in [-0.2, 0) is 16.6 Å². The summed E-state index contributed by atoms with van der Waals surface area (Å²) in [5.41, 5.74) is -1.15. The van der Waals surface area contributed by atoms with Gasteiger partial charge in [0, 0.05) is 12.1 Å². The third kappa shape index (κ3) is 3.97. The quantitative estimate of drug-likeness (QED) is 0.822. The van der Waals surface area contributed by atoms with E-state index >= 15 is 0 Å². The maximum atomic E-state index is 14.0. The molecule has 0 amide bonds. The van der Waals surface area contributed by atoms with E-state index in [1.165, 1.54) is 0 Å². The Morgan fingerprint density at radius 2 is 1.86 bits per heavy atom. The van der Waals surface area contributed by atoms with E-state index < -0.39 is 44.3 Å². The molecule has 21 heavy (non-hydrogen) atoms. The van der Waals surface area contributed by atoms with Gasteiger partial charge in [-0.1, -0.05) is 0 Å². The highest BCUT2D eigenvalue weighted by Gasteiger charge is 2.27. The first-order valence-electron chi connectivity index (χ1n) is 6.28. The number of hydrogen-bond acceptors (Lipinski definition) is 4. The second kappa shape index (κ2) is 6.35. The van der Waals surface area contributed by atoms with E-state index in [0.717, 1.165) is 12.1 Å². The molecule has 5 nitrogen and oxygen atoms in total. The first kappa shape index (κ1) is 18.0. The molecule has 0 aliphatic rings. The van der Waals surface area contributed by atoms with Crippen LogP contribution in [0.5, 0.6) is 0 Å². The normalized spacial score (nSPS) is 13.0. The number of nitrogens with zero attached hydrogens (tertiary/aromatic N) is 1. The molecule has 0 unspecified atom stereocenters. The van der Waals surface area contributed by atoms with Gasteiger partial charge < -0.3 is 10.0 Å². The summed E-state index contributed by atoms with van der Waals surface area (Å²) in [4.78, 5) is 1.14. The Morgan fingerprint density at radius 3 is 2.33 bits per heavy atom. The van der Waals surface area contributed by atoms with Gasteiger partial charge in [0.25, 0.3) is 0 Å². The molecule has 0 bridgehead atoms. The van der Waals surface area contributed by atoms with Gasteiger partial charge in [-0.2, -0.15) is 0 Å². The standard InChI is InChI=1S/C13H20F2N2O3S/c1-13(2,17(3)4)8-16-21(19,20)11-6-5-10(14)9(7-18)12(11)15/h5-6,16,18H,7-8H2,1-4H3. The van der Waals surface area contributed by atoms with E-state index in [1.807, 2.05) is 18.7 Å². The highest BCUT2D eigenvalue weighted by molar-refractivity contribution is 7.89. The molecule has 2 N–H and O–H groups in total. The number of rotatable bonds is 6. The zero-order chi connectivity index (χ0) is 16.4. The second-order valence-electron chi connectivity index (χ2n) is 5.53. The van der Waals surface area contributed by atoms with Crippen molar-refractivity contribution >= 4 is 10.0 Å². The highest BCUT2D eigenvalue weighted by atomic mass is 32.2. The van der Waals surface area contributed by atoms with E-state index in [2.05, 4.69) is 4.72 Å². The largest absolute Gasteiger partial charge is 0.391 e. The van der Waals surface area contributed by atoms with Gasteiger partial charge in [-0.15, -0.1) is 0 Å². The van der Waals surface area contributed by atoms with Crippen molar-refractivity contribution in [3.63, 3.8) is 0 Å². The molecule has 1 aromatic rings. The lowest BCUT2D eigenvalue weighted by Gasteiger charge is -2.32. The average molecular weight is 322 g/mol. The van der Waals surface area contributed by atoms with Crippen molar-refractivity contribution in [1.29, 1.82) is 0 Å². The van der Waals surface area contributed by atoms with E-state index in [1.54, 1.807) is 14.1 Å². The summed E-state index contributed by atoms with van der Waals surface area (Å²) in [5.74, 6) is -2.25. The fourth-order valence-corrected chi connectivity index (χ4v) is 2.74. The van der Waals surface area contributed by atoms with Gasteiger partial charge in [0.1, 0.15) is 10.7 Å². The van der Waals surface area contributed by atoms with Gasteiger partial charge in [0.2, 0.25) is 10.0 Å². The van der Waals surface area contributed by atoms with E-state index in [0.29, 0.717) is 0 Å². The van der Waals surface area contributed by atoms with Crippen molar-refractivity contribution in [3.8, 4) is 0 Å². The van der Waals surface area contributed by atoms with Crippen molar-refractivity contribution in [1.82, 2.24) is 9.62 Å². The van der Waals surface area contributed by atoms with Gasteiger partial charge in [-0.25, -0.2) is 21.9 Å². The minimum absolute atomic E-state index is 0.0492. The molecular formula is C13H20F2N2O3S. The average Bonchev–Trinajstić information content (AvgIpc) is 2.36. The lowest BCUT2D eigenvalue weighted by Crippen LogP contribution is -2.48. The number of aliphatic hydroxyl groups is 1. The lowest BCUT2D eigenvalue weighted by atomic mass is 10.1. The van der Waals surface area contributed by atoms with Crippen LogP contribution < -0.4 is 4.72 Å². The molecule has 0 heterocycles. The number of hydrogen-bond donors (Lipinski definition) is 2. The lowest BCUT2D eigenvalue weighted by molar-refractivity contribution is 0.198. The van der Waals surface area contributed by atoms with E-state index in [-0.39, 0.29) is 6.54 Å². The van der Waals surface area contributed by atoms with Gasteiger partial charge in [-0.3, -0.25) is 0 Å². The number of nitrogens with one attached hydrogen (secondary N) is 1. The van der Waals surface area contributed by atoms with Crippen molar-refractivity contribution < 1.29 is 22.3 Å². The van der Waals surface area contributed by atoms with Crippen LogP contribution in [-0.4, -0.2) is 44.6 Å². The van der Waals surface area contributed by atoms with Crippen LogP contribution in [0.3, 0.4) is 0 Å². The number of sulfonamides is 1. The van der Waals surface area contributed by atoms with Crippen LogP contribution in [0.4, 0.5) is 8.78 Å². The minimum Gasteiger partial charge on any atom is -0.391 e. The molecule has 1 aromatic carbocycles. The Morgan fingerprint density at radius 1 is 1.29 bits per heavy atom. The SMILES string of the molecule is CN(C)C(C)(C)CNS(=O)(=O)c1ccc(F)c(CO)c1F. The summed E-state index contributed by atoms with van der Waals surface area (Å²) in [6.45, 7) is 2.77. The van der Waals surface area contributed by atoms with E-state index in [9.17, 15) is 17.2 Å². The van der Waals surface area contributed by atoms with Crippen LogP contribution >= 0.6 is 0 Å². The predicted octanol–water partition coefficient (Wildman–Crippen LogP) is 1.08. The Balaban J connectivity index is 3.10. The summed E-state index contributed by atoms with van der Waals surface area (Å²) in [6, 6.07) is 1.66. The zero-order valence-electron chi connectivity index (χ0n) is 12.4. The topological polar surface area (TPSA) is 69.6 Å². The van der Waals surface area contributed by atoms with Crippen LogP contribution in [0.15, 0.2) is 17.0 Å². The predicted molar refractivity (Wildman–Crippen MR) is 75.2 cm³/mol. The molecule has 0 saturated carbocycles. The van der Waals surface area contributed by atoms with Crippen LogP contribution in [0.25, 0.3) is 0 Å². The summed E-state index contributed by atoms with van der Waals surface area (Å²) in [7, 11) is -0.560. The zero-order valence-corrected chi connectivity index (χ0v) is 13.3. The Labute approximate surface area is 123 Å². The molecule has 0 atom stereocenters. The number of aliphatic hydroxyl groups excluding tert-OH is 1. The molecule has 0 fully saturated rings. The Kier molecular flexibility index (Phi) is 5.43. The first-order chi connectivity index (χ1) is 9.53. The molecular weight excluding hydrogens is 302 g/mol. The third-order valence-corrected chi connectivity index (χ3v) is 4.92. The molecule has 0 aromatic heterocycles. The molecule has 0 saturated heterocycles. The maximum Gasteiger partial charge on any atom is 0.243 e. The third-order valence-electron chi connectivity index (χ3n) is 3.50. The highest BCUT2D eigenvalue weighted by Crippen LogP contribution is 2.21. The number of halogens is 2. The minimum atomic E-state index is -4.14. The Bertz CT molecular complexity index is 616. The summed E-state index contributed by atoms with van der Waals surface area (Å²) in [5, 5.41) is 8.92. The maximum absolute atomic E-state index is 14.0. The van der Waals surface area contributed by atoms with Crippen LogP contribution in [0.2, 0.25) is 0 Å². The first-order valence-corrected chi connectivity index (χ1v) is 7.76. The molecule has 8 heteroatoms. The van der Waals surface area contributed by atoms with Crippen molar-refractivity contribution in [2.45, 2.75) is 30.9 Å². The molecule has 0 spiro atoms. The summed E-state index contributed by atoms with van der Waals surface area (Å²) >= 11 is 0. The summed E-state index contributed by atoms with van der Waals surface area (Å²) < 4.78 is 53.8. The fraction of sp³-hybridized carbons (Fsp3) is 0.538. The fourth-order valence-electron chi connectivity index (χ4n) is 1.44. The van der Waals surface area contributed by atoms with Crippen molar-refractivity contribution in [3.05, 3.63) is 29.3 Å². The Hall–Kier alpha value is -1.09. The second-order valence-corrected chi connectivity index (χ2v) is 7.26. The molecule has 0 aliphatic carbocycles. The molecule has 0 radical (unpaired) electrons. The van der Waals surface area contributed by atoms with Gasteiger partial charge in [0.15, 0.2) is 5.82 Å². The summed E-state index contributed by atoms with van der Waals surface area (Å²) in [6.07, 6.45) is 0. The van der Waals surface area contributed by atoms with Crippen LogP contribution in [0, 0.1) is 11.6 Å². The van der Waals surface area contributed by atoms with Crippen molar-refractivity contribution in [2.75, 3.05) is 20.6 Å².